The SMILES string of the molecule is CC(=O)/C=C(\C)C(CC=C(C)C)(CCC=C(C)C)CCC=C(C)C. The van der Waals surface area contributed by atoms with Crippen LogP contribution in [-0.2, 0) is 4.79 Å². The van der Waals surface area contributed by atoms with Gasteiger partial charge in [-0.25, -0.2) is 0 Å². The lowest BCUT2D eigenvalue weighted by atomic mass is 9.70. The highest BCUT2D eigenvalue weighted by Crippen LogP contribution is 2.42. The highest BCUT2D eigenvalue weighted by molar-refractivity contribution is 5.88. The second-order valence-corrected chi connectivity index (χ2v) is 7.84. The van der Waals surface area contributed by atoms with Gasteiger partial charge in [-0.05, 0) is 99.0 Å². The first kappa shape index (κ1) is 22.6. The Morgan fingerprint density at radius 3 is 1.46 bits per heavy atom. The molecule has 24 heavy (non-hydrogen) atoms. The average Bonchev–Trinajstić information content (AvgIpc) is 2.42. The molecule has 0 aromatic carbocycles. The molecule has 0 atom stereocenters. The van der Waals surface area contributed by atoms with Crippen LogP contribution in [0.25, 0.3) is 0 Å². The van der Waals surface area contributed by atoms with Crippen molar-refractivity contribution in [3.63, 3.8) is 0 Å². The Hall–Kier alpha value is -1.37. The van der Waals surface area contributed by atoms with E-state index in [-0.39, 0.29) is 11.2 Å². The summed E-state index contributed by atoms with van der Waals surface area (Å²) >= 11 is 0. The molecule has 0 heterocycles. The summed E-state index contributed by atoms with van der Waals surface area (Å²) in [6.07, 6.45) is 14.2. The minimum Gasteiger partial charge on any atom is -0.295 e. The highest BCUT2D eigenvalue weighted by atomic mass is 16.1. The standard InChI is InChI=1S/C23H38O/c1-18(2)11-9-14-23(16-13-20(5)6,15-10-12-19(3)4)21(7)17-22(8)24/h11-13,17H,9-10,14-16H2,1-8H3/b21-17+. The zero-order valence-electron chi connectivity index (χ0n) is 17.3. The fraction of sp³-hybridized carbons (Fsp3) is 0.609. The topological polar surface area (TPSA) is 17.1 Å². The van der Waals surface area contributed by atoms with Crippen molar-refractivity contribution >= 4 is 5.78 Å². The molecule has 0 radical (unpaired) electrons. The van der Waals surface area contributed by atoms with Gasteiger partial charge in [0.2, 0.25) is 0 Å². The van der Waals surface area contributed by atoms with E-state index in [1.54, 1.807) is 6.92 Å². The molecule has 0 aliphatic rings. The van der Waals surface area contributed by atoms with E-state index in [1.807, 2.05) is 6.08 Å². The fourth-order valence-electron chi connectivity index (χ4n) is 3.02. The summed E-state index contributed by atoms with van der Waals surface area (Å²) in [5, 5.41) is 0. The Morgan fingerprint density at radius 1 is 0.708 bits per heavy atom. The number of rotatable bonds is 10. The van der Waals surface area contributed by atoms with Crippen molar-refractivity contribution in [1.82, 2.24) is 0 Å². The van der Waals surface area contributed by atoms with Gasteiger partial charge in [-0.3, -0.25) is 4.79 Å². The molecule has 0 bridgehead atoms. The normalized spacial score (nSPS) is 11.8. The third-order valence-corrected chi connectivity index (χ3v) is 4.51. The molecule has 0 N–H and O–H groups in total. The van der Waals surface area contributed by atoms with E-state index in [0.717, 1.165) is 32.1 Å². The second-order valence-electron chi connectivity index (χ2n) is 7.84. The monoisotopic (exact) mass is 330 g/mol. The first-order valence-corrected chi connectivity index (χ1v) is 9.18. The van der Waals surface area contributed by atoms with Gasteiger partial charge in [0.15, 0.2) is 5.78 Å². The highest BCUT2D eigenvalue weighted by Gasteiger charge is 2.30. The maximum atomic E-state index is 11.7. The van der Waals surface area contributed by atoms with Crippen LogP contribution in [0.3, 0.4) is 0 Å². The lowest BCUT2D eigenvalue weighted by molar-refractivity contribution is -0.112. The number of carbonyl (C=O) groups excluding carboxylic acids is 1. The van der Waals surface area contributed by atoms with Crippen LogP contribution in [0.15, 0.2) is 46.6 Å². The predicted molar refractivity (Wildman–Crippen MR) is 108 cm³/mol. The quantitative estimate of drug-likeness (QED) is 0.302. The summed E-state index contributed by atoms with van der Waals surface area (Å²) in [6.45, 7) is 16.7. The molecule has 0 amide bonds. The molecule has 0 aromatic rings. The van der Waals surface area contributed by atoms with Gasteiger partial charge in [0, 0.05) is 0 Å². The summed E-state index contributed by atoms with van der Waals surface area (Å²) in [6, 6.07) is 0. The molecule has 0 saturated heterocycles. The second kappa shape index (κ2) is 11.2. The predicted octanol–water partition coefficient (Wildman–Crippen LogP) is 7.36. The Balaban J connectivity index is 5.68. The molecule has 0 aliphatic heterocycles. The third-order valence-electron chi connectivity index (χ3n) is 4.51. The van der Waals surface area contributed by atoms with Crippen molar-refractivity contribution in [3.05, 3.63) is 46.6 Å². The number of allylic oxidation sites excluding steroid dienone is 8. The van der Waals surface area contributed by atoms with E-state index in [4.69, 9.17) is 0 Å². The van der Waals surface area contributed by atoms with Crippen LogP contribution in [0.1, 0.15) is 87.5 Å². The lowest BCUT2D eigenvalue weighted by Gasteiger charge is -2.34. The van der Waals surface area contributed by atoms with Crippen LogP contribution >= 0.6 is 0 Å². The van der Waals surface area contributed by atoms with Crippen LogP contribution in [0.5, 0.6) is 0 Å². The van der Waals surface area contributed by atoms with Crippen LogP contribution in [0.4, 0.5) is 0 Å². The minimum atomic E-state index is 0.0703. The summed E-state index contributed by atoms with van der Waals surface area (Å²) in [7, 11) is 0. The maximum Gasteiger partial charge on any atom is 0.152 e. The van der Waals surface area contributed by atoms with E-state index < -0.39 is 0 Å². The van der Waals surface area contributed by atoms with E-state index in [0.29, 0.717) is 0 Å². The molecular weight excluding hydrogens is 292 g/mol. The Kier molecular flexibility index (Phi) is 10.6. The summed E-state index contributed by atoms with van der Waals surface area (Å²) in [5.74, 6) is 0.151. The fourth-order valence-corrected chi connectivity index (χ4v) is 3.02. The molecule has 0 spiro atoms. The van der Waals surface area contributed by atoms with Crippen molar-refractivity contribution in [1.29, 1.82) is 0 Å². The molecule has 0 unspecified atom stereocenters. The number of carbonyl (C=O) groups is 1. The van der Waals surface area contributed by atoms with Crippen molar-refractivity contribution in [2.75, 3.05) is 0 Å². The number of hydrogen-bond donors (Lipinski definition) is 0. The molecule has 0 fully saturated rings. The lowest BCUT2D eigenvalue weighted by Crippen LogP contribution is -2.22. The third kappa shape index (κ3) is 9.70. The smallest absolute Gasteiger partial charge is 0.152 e. The van der Waals surface area contributed by atoms with Gasteiger partial charge in [-0.1, -0.05) is 40.5 Å². The van der Waals surface area contributed by atoms with Gasteiger partial charge in [0.25, 0.3) is 0 Å². The van der Waals surface area contributed by atoms with Crippen LogP contribution in [0, 0.1) is 5.41 Å². The van der Waals surface area contributed by atoms with Crippen molar-refractivity contribution in [2.24, 2.45) is 5.41 Å². The van der Waals surface area contributed by atoms with Crippen molar-refractivity contribution in [2.45, 2.75) is 87.5 Å². The molecule has 0 aliphatic carbocycles. The Labute approximate surface area is 150 Å². The molecular formula is C23H38O. The molecule has 0 saturated carbocycles. The van der Waals surface area contributed by atoms with Gasteiger partial charge < -0.3 is 0 Å². The van der Waals surface area contributed by atoms with E-state index in [2.05, 4.69) is 66.7 Å². The van der Waals surface area contributed by atoms with Crippen LogP contribution in [0.2, 0.25) is 0 Å². The molecule has 1 nitrogen and oxygen atoms in total. The van der Waals surface area contributed by atoms with Gasteiger partial charge in [-0.2, -0.15) is 0 Å². The minimum absolute atomic E-state index is 0.0703. The Bertz CT molecular complexity index is 492. The van der Waals surface area contributed by atoms with Crippen molar-refractivity contribution in [3.8, 4) is 0 Å². The summed E-state index contributed by atoms with van der Waals surface area (Å²) in [5.41, 5.74) is 5.38. The van der Waals surface area contributed by atoms with Gasteiger partial charge in [0.1, 0.15) is 0 Å². The number of hydrogen-bond acceptors (Lipinski definition) is 1. The first-order chi connectivity index (χ1) is 11.1. The molecule has 0 rings (SSSR count). The largest absolute Gasteiger partial charge is 0.295 e. The maximum absolute atomic E-state index is 11.7. The van der Waals surface area contributed by atoms with E-state index in [1.165, 1.54) is 22.3 Å². The first-order valence-electron chi connectivity index (χ1n) is 9.18. The van der Waals surface area contributed by atoms with Crippen LogP contribution < -0.4 is 0 Å². The zero-order chi connectivity index (χ0) is 18.8. The zero-order valence-corrected chi connectivity index (χ0v) is 17.3. The number of ketones is 1. The van der Waals surface area contributed by atoms with E-state index in [9.17, 15) is 4.79 Å². The average molecular weight is 331 g/mol. The Morgan fingerprint density at radius 2 is 1.12 bits per heavy atom. The van der Waals surface area contributed by atoms with Gasteiger partial charge >= 0.3 is 0 Å². The van der Waals surface area contributed by atoms with Crippen LogP contribution in [-0.4, -0.2) is 5.78 Å². The molecule has 1 heteroatoms. The van der Waals surface area contributed by atoms with E-state index >= 15 is 0 Å². The molecule has 136 valence electrons. The van der Waals surface area contributed by atoms with Gasteiger partial charge in [0.05, 0.1) is 0 Å². The molecule has 0 aromatic heterocycles. The summed E-state index contributed by atoms with van der Waals surface area (Å²) in [4.78, 5) is 11.7. The summed E-state index contributed by atoms with van der Waals surface area (Å²) < 4.78 is 0. The van der Waals surface area contributed by atoms with Crippen molar-refractivity contribution < 1.29 is 4.79 Å². The van der Waals surface area contributed by atoms with Gasteiger partial charge in [-0.15, -0.1) is 0 Å².